The fraction of sp³-hybridized carbons (Fsp3) is 0.255. The molecule has 0 atom stereocenters. The Bertz CT molecular complexity index is 2410. The van der Waals surface area contributed by atoms with Gasteiger partial charge in [-0.3, -0.25) is 9.36 Å². The van der Waals surface area contributed by atoms with E-state index in [-0.39, 0.29) is 17.9 Å². The molecule has 280 valence electrons. The highest BCUT2D eigenvalue weighted by atomic mass is 35.5. The summed E-state index contributed by atoms with van der Waals surface area (Å²) in [5, 5.41) is 8.82. The third-order valence-corrected chi connectivity index (χ3v) is 10.9. The number of carbonyl (C=O) groups excluding carboxylic acids is 2. The van der Waals surface area contributed by atoms with Gasteiger partial charge in [0.15, 0.2) is 0 Å². The summed E-state index contributed by atoms with van der Waals surface area (Å²) in [5.74, 6) is 0.845. The van der Waals surface area contributed by atoms with Crippen molar-refractivity contribution in [3.63, 3.8) is 0 Å². The second kappa shape index (κ2) is 16.8. The van der Waals surface area contributed by atoms with Crippen molar-refractivity contribution in [1.82, 2.24) is 20.2 Å². The summed E-state index contributed by atoms with van der Waals surface area (Å²) < 4.78 is 7.44. The number of nitrogens with zero attached hydrogens (tertiary/aromatic N) is 2. The van der Waals surface area contributed by atoms with Crippen molar-refractivity contribution in [3.05, 3.63) is 132 Å². The molecule has 55 heavy (non-hydrogen) atoms. The first kappa shape index (κ1) is 37.6. The van der Waals surface area contributed by atoms with E-state index < -0.39 is 0 Å². The number of methoxy groups -OCH3 is 1. The molecule has 2 heterocycles. The van der Waals surface area contributed by atoms with Crippen molar-refractivity contribution >= 4 is 45.3 Å². The van der Waals surface area contributed by atoms with Gasteiger partial charge in [0.1, 0.15) is 5.75 Å². The van der Waals surface area contributed by atoms with Crippen LogP contribution in [-0.2, 0) is 0 Å². The number of aryl methyl sites for hydroxylation is 1. The number of ether oxygens (including phenoxy) is 1. The van der Waals surface area contributed by atoms with E-state index in [4.69, 9.17) is 21.3 Å². The molecule has 0 unspecified atom stereocenters. The molecule has 1 fully saturated rings. The van der Waals surface area contributed by atoms with E-state index in [1.165, 1.54) is 12.0 Å². The third-order valence-electron chi connectivity index (χ3n) is 10.7. The summed E-state index contributed by atoms with van der Waals surface area (Å²) in [4.78, 5) is 33.0. The lowest BCUT2D eigenvalue weighted by atomic mass is 9.81. The topological polar surface area (TPSA) is 85.2 Å². The molecule has 0 spiro atoms. The van der Waals surface area contributed by atoms with Crippen LogP contribution in [0.2, 0.25) is 5.02 Å². The summed E-state index contributed by atoms with van der Waals surface area (Å²) in [6.45, 7) is 10.6. The number of nitrogens with one attached hydrogen (secondary N) is 2. The fourth-order valence-electron chi connectivity index (χ4n) is 7.99. The smallest absolute Gasteiger partial charge is 0.326 e. The van der Waals surface area contributed by atoms with Crippen LogP contribution in [0, 0.1) is 6.92 Å². The van der Waals surface area contributed by atoms with Crippen LogP contribution >= 0.6 is 11.6 Å². The minimum Gasteiger partial charge on any atom is -0.497 e. The van der Waals surface area contributed by atoms with Gasteiger partial charge in [-0.2, -0.15) is 0 Å². The highest BCUT2D eigenvalue weighted by Gasteiger charge is 2.30. The van der Waals surface area contributed by atoms with Crippen LogP contribution in [0.25, 0.3) is 55.4 Å². The monoisotopic (exact) mass is 750 g/mol. The SMILES string of the molecule is C=CCCNC(=O)c1cc(C)c2c(C3CCCCC3)c(-c3ccc4nc(-c5cc(OC)ccc5-c5ccc(Cl)cc5)ccc4c3)n(C(=O)NCCC=C)c2c1. The Morgan fingerprint density at radius 1 is 0.855 bits per heavy atom. The maximum absolute atomic E-state index is 14.4. The number of fused-ring (bicyclic) bond motifs is 2. The molecular formula is C47H47ClN4O3. The first-order chi connectivity index (χ1) is 26.8. The van der Waals surface area contributed by atoms with Crippen molar-refractivity contribution in [2.24, 2.45) is 0 Å². The third kappa shape index (κ3) is 7.80. The Hall–Kier alpha value is -5.66. The molecule has 0 aliphatic heterocycles. The first-order valence-corrected chi connectivity index (χ1v) is 19.5. The standard InChI is InChI=1S/C47H47ClN4O3/c1-5-7-24-49-46(53)35-26-30(3)43-42(28-35)52(47(54)50-25-8-6-2)45(44(43)32-12-10-9-11-13-32)34-17-22-40-33(27-34)16-23-41(51-40)39-29-37(55-4)20-21-38(39)31-14-18-36(48)19-15-31/h5-6,14-23,26-29,32H,1-2,7-13,24-25H2,3-4H3,(H,49,53)(H,50,54). The van der Waals surface area contributed by atoms with E-state index >= 15 is 0 Å². The highest BCUT2D eigenvalue weighted by Crippen LogP contribution is 2.46. The molecule has 2 aromatic heterocycles. The number of amides is 2. The first-order valence-electron chi connectivity index (χ1n) is 19.1. The molecule has 0 bridgehead atoms. The molecule has 2 N–H and O–H groups in total. The summed E-state index contributed by atoms with van der Waals surface area (Å²) in [5.41, 5.74) is 9.87. The largest absolute Gasteiger partial charge is 0.497 e. The van der Waals surface area contributed by atoms with E-state index in [2.05, 4.69) is 55.0 Å². The van der Waals surface area contributed by atoms with Gasteiger partial charge in [0.05, 0.1) is 29.5 Å². The normalized spacial score (nSPS) is 13.1. The molecule has 7 rings (SSSR count). The van der Waals surface area contributed by atoms with Crippen LogP contribution in [0.5, 0.6) is 5.75 Å². The summed E-state index contributed by atoms with van der Waals surface area (Å²) in [7, 11) is 1.67. The lowest BCUT2D eigenvalue weighted by Gasteiger charge is -2.24. The molecule has 7 nitrogen and oxygen atoms in total. The van der Waals surface area contributed by atoms with Crippen molar-refractivity contribution in [2.75, 3.05) is 20.2 Å². The van der Waals surface area contributed by atoms with Gasteiger partial charge in [0.25, 0.3) is 5.91 Å². The molecular weight excluding hydrogens is 704 g/mol. The van der Waals surface area contributed by atoms with Gasteiger partial charge in [0, 0.05) is 40.0 Å². The number of aromatic nitrogens is 2. The maximum Gasteiger partial charge on any atom is 0.326 e. The van der Waals surface area contributed by atoms with E-state index in [1.54, 1.807) is 19.3 Å². The van der Waals surface area contributed by atoms with Crippen LogP contribution in [0.3, 0.4) is 0 Å². The highest BCUT2D eigenvalue weighted by molar-refractivity contribution is 6.30. The van der Waals surface area contributed by atoms with Crippen molar-refractivity contribution in [2.45, 2.75) is 57.8 Å². The lowest BCUT2D eigenvalue weighted by molar-refractivity contribution is 0.0954. The Morgan fingerprint density at radius 3 is 2.31 bits per heavy atom. The quantitative estimate of drug-likeness (QED) is 0.0963. The number of rotatable bonds is 12. The van der Waals surface area contributed by atoms with Gasteiger partial charge < -0.3 is 15.4 Å². The zero-order valence-corrected chi connectivity index (χ0v) is 32.3. The average molecular weight is 751 g/mol. The predicted octanol–water partition coefficient (Wildman–Crippen LogP) is 11.6. The molecule has 0 saturated heterocycles. The Kier molecular flexibility index (Phi) is 11.5. The average Bonchev–Trinajstić information content (AvgIpc) is 3.57. The Balaban J connectivity index is 1.40. The van der Waals surface area contributed by atoms with Crippen molar-refractivity contribution in [1.29, 1.82) is 0 Å². The molecule has 1 aliphatic carbocycles. The number of pyridine rings is 1. The van der Waals surface area contributed by atoms with Crippen molar-refractivity contribution < 1.29 is 14.3 Å². The molecule has 2 amide bonds. The van der Waals surface area contributed by atoms with Gasteiger partial charge in [0.2, 0.25) is 0 Å². The van der Waals surface area contributed by atoms with Gasteiger partial charge in [-0.25, -0.2) is 9.78 Å². The molecule has 0 radical (unpaired) electrons. The second-order valence-corrected chi connectivity index (χ2v) is 14.7. The Morgan fingerprint density at radius 2 is 1.58 bits per heavy atom. The zero-order valence-electron chi connectivity index (χ0n) is 31.6. The minimum atomic E-state index is -0.228. The number of halogens is 1. The van der Waals surface area contributed by atoms with Crippen molar-refractivity contribution in [3.8, 4) is 39.4 Å². The lowest BCUT2D eigenvalue weighted by Crippen LogP contribution is -2.30. The molecule has 1 saturated carbocycles. The van der Waals surface area contributed by atoms with E-state index in [1.807, 2.05) is 65.2 Å². The van der Waals surface area contributed by atoms with Crippen LogP contribution < -0.4 is 15.4 Å². The maximum atomic E-state index is 14.4. The molecule has 8 heteroatoms. The van der Waals surface area contributed by atoms with E-state index in [0.29, 0.717) is 36.5 Å². The molecule has 4 aromatic carbocycles. The van der Waals surface area contributed by atoms with Crippen LogP contribution in [0.1, 0.15) is 72.3 Å². The van der Waals surface area contributed by atoms with Gasteiger partial charge in [-0.1, -0.05) is 73.3 Å². The number of hydrogen-bond acceptors (Lipinski definition) is 4. The van der Waals surface area contributed by atoms with Gasteiger partial charge in [-0.15, -0.1) is 13.2 Å². The van der Waals surface area contributed by atoms with Gasteiger partial charge >= 0.3 is 6.03 Å². The van der Waals surface area contributed by atoms with Gasteiger partial charge in [-0.05, 0) is 121 Å². The fourth-order valence-corrected chi connectivity index (χ4v) is 8.11. The summed E-state index contributed by atoms with van der Waals surface area (Å²) >= 11 is 6.23. The van der Waals surface area contributed by atoms with E-state index in [0.717, 1.165) is 92.4 Å². The molecule has 6 aromatic rings. The Labute approximate surface area is 328 Å². The number of hydrogen-bond donors (Lipinski definition) is 2. The zero-order chi connectivity index (χ0) is 38.5. The van der Waals surface area contributed by atoms with Crippen LogP contribution in [-0.4, -0.2) is 41.7 Å². The summed E-state index contributed by atoms with van der Waals surface area (Å²) in [6.07, 6.45) is 10.5. The number of benzene rings is 4. The summed E-state index contributed by atoms with van der Waals surface area (Å²) in [6, 6.07) is 27.9. The molecule has 1 aliphatic rings. The minimum absolute atomic E-state index is 0.171. The van der Waals surface area contributed by atoms with E-state index in [9.17, 15) is 9.59 Å². The second-order valence-electron chi connectivity index (χ2n) is 14.3. The number of carbonyl (C=O) groups is 2. The van der Waals surface area contributed by atoms with Crippen LogP contribution in [0.4, 0.5) is 4.79 Å². The van der Waals surface area contributed by atoms with Crippen LogP contribution in [0.15, 0.2) is 110 Å². The predicted molar refractivity (Wildman–Crippen MR) is 226 cm³/mol.